The van der Waals surface area contributed by atoms with Crippen molar-refractivity contribution in [3.05, 3.63) is 57.6 Å². The van der Waals surface area contributed by atoms with E-state index in [1.54, 1.807) is 12.1 Å². The summed E-state index contributed by atoms with van der Waals surface area (Å²) in [5.41, 5.74) is 0.783. The lowest BCUT2D eigenvalue weighted by atomic mass is 10.1. The zero-order valence-corrected chi connectivity index (χ0v) is 9.93. The molecule has 2 nitrogen and oxygen atoms in total. The fraction of sp³-hybridized carbons (Fsp3) is 0.0909. The molecule has 1 aromatic carbocycles. The Morgan fingerprint density at radius 2 is 1.47 bits per heavy atom. The Labute approximate surface area is 106 Å². The van der Waals surface area contributed by atoms with E-state index < -0.39 is 5.82 Å². The quantitative estimate of drug-likeness (QED) is 0.782. The SMILES string of the molecule is Fc1ccc(Cc2nc(Cl)c(F)c(Cl)n2)cc1. The monoisotopic (exact) mass is 274 g/mol. The molecule has 0 amide bonds. The van der Waals surface area contributed by atoms with E-state index in [1.807, 2.05) is 0 Å². The van der Waals surface area contributed by atoms with E-state index in [2.05, 4.69) is 9.97 Å². The number of aromatic nitrogens is 2. The lowest BCUT2D eigenvalue weighted by Gasteiger charge is -2.03. The van der Waals surface area contributed by atoms with Gasteiger partial charge in [0.25, 0.3) is 0 Å². The van der Waals surface area contributed by atoms with E-state index in [-0.39, 0.29) is 21.9 Å². The van der Waals surface area contributed by atoms with Crippen molar-refractivity contribution in [2.75, 3.05) is 0 Å². The molecule has 0 spiro atoms. The van der Waals surface area contributed by atoms with E-state index in [1.165, 1.54) is 12.1 Å². The topological polar surface area (TPSA) is 25.8 Å². The van der Waals surface area contributed by atoms with Crippen LogP contribution in [-0.2, 0) is 6.42 Å². The summed E-state index contributed by atoms with van der Waals surface area (Å²) in [5.74, 6) is -0.881. The Morgan fingerprint density at radius 3 is 2.00 bits per heavy atom. The van der Waals surface area contributed by atoms with Crippen molar-refractivity contribution in [3.8, 4) is 0 Å². The van der Waals surface area contributed by atoms with Crippen LogP contribution in [0, 0.1) is 11.6 Å². The van der Waals surface area contributed by atoms with Gasteiger partial charge in [-0.25, -0.2) is 18.7 Å². The molecule has 0 N–H and O–H groups in total. The van der Waals surface area contributed by atoms with Crippen LogP contribution in [0.5, 0.6) is 0 Å². The third kappa shape index (κ3) is 2.90. The Balaban J connectivity index is 2.27. The minimum atomic E-state index is -0.837. The molecule has 0 fully saturated rings. The predicted molar refractivity (Wildman–Crippen MR) is 61.2 cm³/mol. The normalized spacial score (nSPS) is 10.6. The van der Waals surface area contributed by atoms with Gasteiger partial charge in [-0.15, -0.1) is 0 Å². The van der Waals surface area contributed by atoms with Gasteiger partial charge in [-0.3, -0.25) is 0 Å². The summed E-state index contributed by atoms with van der Waals surface area (Å²) in [6, 6.07) is 5.82. The molecule has 1 aromatic heterocycles. The number of hydrogen-bond acceptors (Lipinski definition) is 2. The van der Waals surface area contributed by atoms with Crippen molar-refractivity contribution in [3.63, 3.8) is 0 Å². The summed E-state index contributed by atoms with van der Waals surface area (Å²) in [6.45, 7) is 0. The van der Waals surface area contributed by atoms with Crippen LogP contribution >= 0.6 is 23.2 Å². The van der Waals surface area contributed by atoms with Gasteiger partial charge >= 0.3 is 0 Å². The fourth-order valence-electron chi connectivity index (χ4n) is 1.30. The smallest absolute Gasteiger partial charge is 0.197 e. The molecule has 2 aromatic rings. The highest BCUT2D eigenvalue weighted by Gasteiger charge is 2.11. The molecule has 0 aliphatic rings. The standard InChI is InChI=1S/C11H6Cl2F2N2/c12-10-9(15)11(13)17-8(16-10)5-6-1-3-7(14)4-2-6/h1-4H,5H2. The maximum atomic E-state index is 13.1. The van der Waals surface area contributed by atoms with E-state index in [0.717, 1.165) is 5.56 Å². The van der Waals surface area contributed by atoms with E-state index in [4.69, 9.17) is 23.2 Å². The first-order valence-corrected chi connectivity index (χ1v) is 5.43. The molecular formula is C11H6Cl2F2N2. The van der Waals surface area contributed by atoms with Crippen LogP contribution in [0.2, 0.25) is 10.3 Å². The van der Waals surface area contributed by atoms with Crippen LogP contribution in [0.25, 0.3) is 0 Å². The third-order valence-electron chi connectivity index (χ3n) is 2.09. The van der Waals surface area contributed by atoms with E-state index in [9.17, 15) is 8.78 Å². The Morgan fingerprint density at radius 1 is 0.941 bits per heavy atom. The molecule has 0 unspecified atom stereocenters. The van der Waals surface area contributed by atoms with Crippen LogP contribution in [0.4, 0.5) is 8.78 Å². The number of nitrogens with zero attached hydrogens (tertiary/aromatic N) is 2. The van der Waals surface area contributed by atoms with Gasteiger partial charge in [0.1, 0.15) is 11.6 Å². The Kier molecular flexibility index (Phi) is 3.54. The molecule has 0 saturated heterocycles. The number of halogens is 4. The van der Waals surface area contributed by atoms with Gasteiger partial charge in [0.15, 0.2) is 16.1 Å². The maximum absolute atomic E-state index is 13.1. The van der Waals surface area contributed by atoms with Gasteiger partial charge in [-0.1, -0.05) is 35.3 Å². The average molecular weight is 275 g/mol. The van der Waals surface area contributed by atoms with Crippen molar-refractivity contribution in [2.24, 2.45) is 0 Å². The molecule has 0 bridgehead atoms. The third-order valence-corrected chi connectivity index (χ3v) is 2.59. The molecule has 88 valence electrons. The van der Waals surface area contributed by atoms with Gasteiger partial charge in [0.2, 0.25) is 0 Å². The van der Waals surface area contributed by atoms with Crippen LogP contribution in [0.3, 0.4) is 0 Å². The maximum Gasteiger partial charge on any atom is 0.197 e. The molecule has 0 saturated carbocycles. The second kappa shape index (κ2) is 4.94. The second-order valence-corrected chi connectivity index (χ2v) is 4.05. The molecule has 0 aliphatic carbocycles. The van der Waals surface area contributed by atoms with Gasteiger partial charge in [-0.2, -0.15) is 0 Å². The summed E-state index contributed by atoms with van der Waals surface area (Å²) in [7, 11) is 0. The predicted octanol–water partition coefficient (Wildman–Crippen LogP) is 3.65. The van der Waals surface area contributed by atoms with E-state index in [0.29, 0.717) is 6.42 Å². The fourth-order valence-corrected chi connectivity index (χ4v) is 1.72. The molecule has 1 heterocycles. The van der Waals surface area contributed by atoms with Gasteiger partial charge in [-0.05, 0) is 17.7 Å². The van der Waals surface area contributed by atoms with Crippen molar-refractivity contribution in [2.45, 2.75) is 6.42 Å². The van der Waals surface area contributed by atoms with Crippen molar-refractivity contribution in [1.29, 1.82) is 0 Å². The minimum absolute atomic E-state index is 0.285. The highest BCUT2D eigenvalue weighted by molar-refractivity contribution is 6.33. The van der Waals surface area contributed by atoms with Gasteiger partial charge in [0.05, 0.1) is 0 Å². The number of hydrogen-bond donors (Lipinski definition) is 0. The zero-order chi connectivity index (χ0) is 12.4. The van der Waals surface area contributed by atoms with E-state index >= 15 is 0 Å². The van der Waals surface area contributed by atoms with Crippen molar-refractivity contribution in [1.82, 2.24) is 9.97 Å². The van der Waals surface area contributed by atoms with Crippen molar-refractivity contribution >= 4 is 23.2 Å². The molecule has 0 atom stereocenters. The summed E-state index contributed by atoms with van der Waals surface area (Å²) < 4.78 is 25.7. The largest absolute Gasteiger partial charge is 0.218 e. The number of benzene rings is 1. The molecule has 6 heteroatoms. The first-order chi connectivity index (χ1) is 8.06. The molecular weight excluding hydrogens is 269 g/mol. The highest BCUT2D eigenvalue weighted by Crippen LogP contribution is 2.19. The second-order valence-electron chi connectivity index (χ2n) is 3.34. The Bertz CT molecular complexity index is 521. The molecule has 2 rings (SSSR count). The summed E-state index contributed by atoms with van der Waals surface area (Å²) in [6.07, 6.45) is 0.306. The van der Waals surface area contributed by atoms with Gasteiger partial charge in [0, 0.05) is 6.42 Å². The highest BCUT2D eigenvalue weighted by atomic mass is 35.5. The molecule has 0 radical (unpaired) electrons. The first kappa shape index (κ1) is 12.2. The van der Waals surface area contributed by atoms with Crippen LogP contribution < -0.4 is 0 Å². The number of rotatable bonds is 2. The molecule has 0 aliphatic heterocycles. The molecule has 17 heavy (non-hydrogen) atoms. The summed E-state index contributed by atoms with van der Waals surface area (Å²) in [4.78, 5) is 7.50. The first-order valence-electron chi connectivity index (χ1n) is 4.68. The van der Waals surface area contributed by atoms with Gasteiger partial charge < -0.3 is 0 Å². The summed E-state index contributed by atoms with van der Waals surface area (Å²) in [5, 5.41) is -0.635. The summed E-state index contributed by atoms with van der Waals surface area (Å²) >= 11 is 11.1. The minimum Gasteiger partial charge on any atom is -0.218 e. The zero-order valence-electron chi connectivity index (χ0n) is 8.42. The van der Waals surface area contributed by atoms with Crippen molar-refractivity contribution < 1.29 is 8.78 Å². The van der Waals surface area contributed by atoms with Crippen LogP contribution in [0.1, 0.15) is 11.4 Å². The Hall–Kier alpha value is -1.26. The van der Waals surface area contributed by atoms with Crippen LogP contribution in [-0.4, -0.2) is 9.97 Å². The van der Waals surface area contributed by atoms with Crippen LogP contribution in [0.15, 0.2) is 24.3 Å². The average Bonchev–Trinajstić information content (AvgIpc) is 2.29. The lowest BCUT2D eigenvalue weighted by Crippen LogP contribution is -2.00. The lowest BCUT2D eigenvalue weighted by molar-refractivity contribution is 0.610.